The molecule has 1 fully saturated rings. The molecule has 5 heterocycles. The first-order valence-corrected chi connectivity index (χ1v) is 11.6. The average molecular weight is 427 g/mol. The van der Waals surface area contributed by atoms with Crippen LogP contribution in [0.5, 0.6) is 0 Å². The largest absolute Gasteiger partial charge is 0.370 e. The highest BCUT2D eigenvalue weighted by atomic mass is 32.2. The smallest absolute Gasteiger partial charge is 0.249 e. The second kappa shape index (κ2) is 6.55. The average Bonchev–Trinajstić information content (AvgIpc) is 3.42. The second-order valence-corrected chi connectivity index (χ2v) is 10.2. The maximum absolute atomic E-state index is 6.10. The van der Waals surface area contributed by atoms with Gasteiger partial charge in [-0.05, 0) is 25.0 Å². The molecule has 9 heteroatoms. The standard InChI is InChI=1S/C20H22N6OS2/c1-20(2)8-13-14(9-27-20)29-17-15(13)16-21-11-22-26(16)18-23-24-19(25(17)18)28-10-12-6-4-3-5-7-12/h3-7,16,21-22H,8-11H2,1-2H3. The SMILES string of the molecule is CC1(C)Cc2c(sc3c2C2NCNN2c2nnc(SCc4ccccc4)n2-3)CO1. The first kappa shape index (κ1) is 17.9. The number of hydrogen-bond acceptors (Lipinski definition) is 8. The number of benzene rings is 1. The predicted molar refractivity (Wildman–Crippen MR) is 114 cm³/mol. The number of nitrogens with zero attached hydrogens (tertiary/aromatic N) is 4. The van der Waals surface area contributed by atoms with Crippen molar-refractivity contribution in [1.82, 2.24) is 25.5 Å². The Balaban J connectivity index is 1.44. The third-order valence-corrected chi connectivity index (χ3v) is 7.84. The van der Waals surface area contributed by atoms with E-state index in [0.717, 1.165) is 23.3 Å². The Labute approximate surface area is 177 Å². The van der Waals surface area contributed by atoms with Crippen LogP contribution in [0, 0.1) is 0 Å². The van der Waals surface area contributed by atoms with Crippen LogP contribution in [0.25, 0.3) is 5.00 Å². The number of rotatable bonds is 3. The summed E-state index contributed by atoms with van der Waals surface area (Å²) >= 11 is 3.55. The molecule has 3 aromatic rings. The maximum Gasteiger partial charge on any atom is 0.249 e. The molecule has 150 valence electrons. The lowest BCUT2D eigenvalue weighted by molar-refractivity contribution is -0.0385. The molecule has 2 aromatic heterocycles. The van der Waals surface area contributed by atoms with Crippen LogP contribution >= 0.6 is 23.1 Å². The van der Waals surface area contributed by atoms with Crippen LogP contribution in [0.4, 0.5) is 5.95 Å². The highest BCUT2D eigenvalue weighted by molar-refractivity contribution is 7.98. The zero-order valence-electron chi connectivity index (χ0n) is 16.3. The molecular weight excluding hydrogens is 404 g/mol. The third kappa shape index (κ3) is 2.83. The molecule has 0 aliphatic carbocycles. The fourth-order valence-electron chi connectivity index (χ4n) is 4.25. The fourth-order valence-corrected chi connectivity index (χ4v) is 6.46. The van der Waals surface area contributed by atoms with E-state index in [0.29, 0.717) is 13.3 Å². The zero-order chi connectivity index (χ0) is 19.6. The van der Waals surface area contributed by atoms with Crippen molar-refractivity contribution in [3.05, 3.63) is 51.9 Å². The Morgan fingerprint density at radius 2 is 2.14 bits per heavy atom. The van der Waals surface area contributed by atoms with E-state index in [1.165, 1.54) is 26.6 Å². The van der Waals surface area contributed by atoms with Gasteiger partial charge in [0.05, 0.1) is 18.9 Å². The van der Waals surface area contributed by atoms with Gasteiger partial charge in [-0.25, -0.2) is 9.99 Å². The van der Waals surface area contributed by atoms with E-state index in [1.54, 1.807) is 11.8 Å². The van der Waals surface area contributed by atoms with Gasteiger partial charge in [0.1, 0.15) is 11.2 Å². The van der Waals surface area contributed by atoms with Gasteiger partial charge in [0, 0.05) is 22.6 Å². The molecule has 1 unspecified atom stereocenters. The molecule has 1 aromatic carbocycles. The van der Waals surface area contributed by atoms with E-state index < -0.39 is 0 Å². The summed E-state index contributed by atoms with van der Waals surface area (Å²) in [5.74, 6) is 1.71. The normalized spacial score (nSPS) is 21.4. The molecule has 0 bridgehead atoms. The van der Waals surface area contributed by atoms with Crippen LogP contribution in [0.1, 0.15) is 41.6 Å². The third-order valence-electron chi connectivity index (χ3n) is 5.63. The van der Waals surface area contributed by atoms with Crippen LogP contribution in [0.2, 0.25) is 0 Å². The highest BCUT2D eigenvalue weighted by Gasteiger charge is 2.43. The van der Waals surface area contributed by atoms with Crippen molar-refractivity contribution in [1.29, 1.82) is 0 Å². The van der Waals surface area contributed by atoms with Crippen molar-refractivity contribution in [3.63, 3.8) is 0 Å². The number of anilines is 1. The maximum atomic E-state index is 6.10. The molecule has 7 nitrogen and oxygen atoms in total. The molecule has 1 atom stereocenters. The summed E-state index contributed by atoms with van der Waals surface area (Å²) in [6.45, 7) is 5.73. The van der Waals surface area contributed by atoms with Gasteiger partial charge in [0.15, 0.2) is 5.16 Å². The summed E-state index contributed by atoms with van der Waals surface area (Å²) in [5.41, 5.74) is 7.33. The lowest BCUT2D eigenvalue weighted by atomic mass is 9.92. The van der Waals surface area contributed by atoms with E-state index in [4.69, 9.17) is 4.74 Å². The van der Waals surface area contributed by atoms with Crippen molar-refractivity contribution in [2.24, 2.45) is 0 Å². The summed E-state index contributed by atoms with van der Waals surface area (Å²) in [4.78, 5) is 1.32. The van der Waals surface area contributed by atoms with Gasteiger partial charge in [0.25, 0.3) is 0 Å². The summed E-state index contributed by atoms with van der Waals surface area (Å²) < 4.78 is 8.32. The van der Waals surface area contributed by atoms with Crippen LogP contribution in [-0.2, 0) is 23.5 Å². The Bertz CT molecular complexity index is 1080. The van der Waals surface area contributed by atoms with E-state index >= 15 is 0 Å². The van der Waals surface area contributed by atoms with Gasteiger partial charge in [-0.3, -0.25) is 10.3 Å². The molecule has 3 aliphatic heterocycles. The van der Waals surface area contributed by atoms with E-state index in [-0.39, 0.29) is 11.8 Å². The van der Waals surface area contributed by atoms with Crippen LogP contribution in [-0.4, -0.2) is 27.0 Å². The zero-order valence-corrected chi connectivity index (χ0v) is 17.9. The molecule has 0 saturated carbocycles. The van der Waals surface area contributed by atoms with Crippen molar-refractivity contribution in [2.75, 3.05) is 11.7 Å². The number of thiophene rings is 1. The molecule has 3 aliphatic rings. The molecule has 0 amide bonds. The molecule has 6 rings (SSSR count). The summed E-state index contributed by atoms with van der Waals surface area (Å²) in [7, 11) is 0. The Hall–Kier alpha value is -1.91. The lowest BCUT2D eigenvalue weighted by Crippen LogP contribution is -2.40. The molecular formula is C20H22N6OS2. The van der Waals surface area contributed by atoms with E-state index in [2.05, 4.69) is 68.6 Å². The summed E-state index contributed by atoms with van der Waals surface area (Å²) in [6.07, 6.45) is 1.01. The molecule has 0 spiro atoms. The lowest BCUT2D eigenvalue weighted by Gasteiger charge is -2.34. The van der Waals surface area contributed by atoms with Gasteiger partial charge < -0.3 is 4.74 Å². The minimum Gasteiger partial charge on any atom is -0.370 e. The van der Waals surface area contributed by atoms with Gasteiger partial charge >= 0.3 is 0 Å². The number of ether oxygens (including phenoxy) is 1. The number of hydrogen-bond donors (Lipinski definition) is 2. The number of thioether (sulfide) groups is 1. The van der Waals surface area contributed by atoms with Gasteiger partial charge in [-0.1, -0.05) is 42.1 Å². The monoisotopic (exact) mass is 426 g/mol. The van der Waals surface area contributed by atoms with Crippen LogP contribution in [0.15, 0.2) is 35.5 Å². The van der Waals surface area contributed by atoms with Crippen molar-refractivity contribution in [3.8, 4) is 5.00 Å². The second-order valence-electron chi connectivity index (χ2n) is 8.15. The highest BCUT2D eigenvalue weighted by Crippen LogP contribution is 2.48. The van der Waals surface area contributed by atoms with Crippen LogP contribution in [0.3, 0.4) is 0 Å². The Morgan fingerprint density at radius 1 is 1.28 bits per heavy atom. The minimum absolute atomic E-state index is 0.0857. The quantitative estimate of drug-likeness (QED) is 0.623. The van der Waals surface area contributed by atoms with Gasteiger partial charge in [-0.2, -0.15) is 0 Å². The van der Waals surface area contributed by atoms with Crippen molar-refractivity contribution in [2.45, 2.75) is 49.6 Å². The predicted octanol–water partition coefficient (Wildman–Crippen LogP) is 3.36. The fraction of sp³-hybridized carbons (Fsp3) is 0.400. The van der Waals surface area contributed by atoms with Crippen molar-refractivity contribution >= 4 is 29.0 Å². The topological polar surface area (TPSA) is 67.2 Å². The van der Waals surface area contributed by atoms with E-state index in [9.17, 15) is 0 Å². The number of fused-ring (bicyclic) bond motifs is 8. The molecule has 29 heavy (non-hydrogen) atoms. The Kier molecular flexibility index (Phi) is 4.04. The minimum atomic E-state index is -0.142. The first-order valence-electron chi connectivity index (χ1n) is 9.78. The van der Waals surface area contributed by atoms with Crippen molar-refractivity contribution < 1.29 is 4.74 Å². The summed E-state index contributed by atoms with van der Waals surface area (Å²) in [5, 5.41) is 16.9. The van der Waals surface area contributed by atoms with E-state index in [1.807, 2.05) is 17.4 Å². The summed E-state index contributed by atoms with van der Waals surface area (Å²) in [6, 6.07) is 10.5. The van der Waals surface area contributed by atoms with Gasteiger partial charge in [0.2, 0.25) is 5.95 Å². The van der Waals surface area contributed by atoms with Crippen LogP contribution < -0.4 is 15.8 Å². The first-order chi connectivity index (χ1) is 14.1. The number of hydrazine groups is 1. The molecule has 2 N–H and O–H groups in total. The van der Waals surface area contributed by atoms with Gasteiger partial charge in [-0.15, -0.1) is 21.5 Å². The Morgan fingerprint density at radius 3 is 3.00 bits per heavy atom. The number of aromatic nitrogens is 3. The number of nitrogens with one attached hydrogen (secondary N) is 2. The molecule has 0 radical (unpaired) electrons. The molecule has 1 saturated heterocycles.